The molecule has 1 heterocycles. The van der Waals surface area contributed by atoms with Crippen molar-refractivity contribution in [3.05, 3.63) is 88.5 Å². The lowest BCUT2D eigenvalue weighted by atomic mass is 9.96. The fourth-order valence-electron chi connectivity index (χ4n) is 6.24. The predicted molar refractivity (Wildman–Crippen MR) is 190 cm³/mol. The van der Waals surface area contributed by atoms with E-state index >= 15 is 0 Å². The molecule has 0 bridgehead atoms. The minimum Gasteiger partial charge on any atom is -0.493 e. The second-order valence-corrected chi connectivity index (χ2v) is 12.5. The fraction of sp³-hybridized carbons (Fsp3) is 0.488. The average Bonchev–Trinajstić information content (AvgIpc) is 3.12. The van der Waals surface area contributed by atoms with Crippen LogP contribution < -0.4 is 14.2 Å². The monoisotopic (exact) mass is 672 g/mol. The van der Waals surface area contributed by atoms with Crippen molar-refractivity contribution in [3.63, 3.8) is 0 Å². The molecule has 4 rings (SSSR count). The summed E-state index contributed by atoms with van der Waals surface area (Å²) >= 11 is 0. The van der Waals surface area contributed by atoms with Crippen molar-refractivity contribution in [2.24, 2.45) is 0 Å². The summed E-state index contributed by atoms with van der Waals surface area (Å²) in [6.45, 7) is 1.57. The van der Waals surface area contributed by atoms with Gasteiger partial charge in [0.15, 0.2) is 5.78 Å². The van der Waals surface area contributed by atoms with Gasteiger partial charge in [0.05, 0.1) is 39.6 Å². The molecule has 0 aliphatic carbocycles. The molecule has 0 amide bonds. The average molecular weight is 673 g/mol. The lowest BCUT2D eigenvalue weighted by molar-refractivity contribution is -0.141. The molecule has 0 fully saturated rings. The smallest absolute Gasteiger partial charge is 0.305 e. The summed E-state index contributed by atoms with van der Waals surface area (Å²) in [6.07, 6.45) is 11.8. The molecule has 3 aromatic carbocycles. The summed E-state index contributed by atoms with van der Waals surface area (Å²) in [6, 6.07) is 20.4. The first-order valence-electron chi connectivity index (χ1n) is 17.9. The first-order chi connectivity index (χ1) is 24.0. The van der Waals surface area contributed by atoms with Crippen LogP contribution in [0.15, 0.2) is 60.7 Å². The molecule has 0 N–H and O–H groups in total. The number of esters is 2. The van der Waals surface area contributed by atoms with Gasteiger partial charge < -0.3 is 23.7 Å². The molecule has 0 aromatic heterocycles. The number of ketones is 1. The van der Waals surface area contributed by atoms with Crippen molar-refractivity contribution in [2.45, 2.75) is 96.3 Å². The number of rotatable bonds is 22. The molecule has 264 valence electrons. The highest BCUT2D eigenvalue weighted by Gasteiger charge is 2.24. The number of carbonyl (C=O) groups is 3. The Hall–Kier alpha value is -4.33. The Bertz CT molecular complexity index is 1480. The third-order valence-corrected chi connectivity index (χ3v) is 8.97. The summed E-state index contributed by atoms with van der Waals surface area (Å²) in [7, 11) is 2.82. The number of carbonyl (C=O) groups excluding carboxylic acids is 3. The Balaban J connectivity index is 1.26. The maximum absolute atomic E-state index is 12.6. The van der Waals surface area contributed by atoms with Gasteiger partial charge in [0.1, 0.15) is 17.2 Å². The number of ether oxygens (including phenoxy) is 5. The van der Waals surface area contributed by atoms with Crippen LogP contribution in [0.5, 0.6) is 17.2 Å². The zero-order valence-corrected chi connectivity index (χ0v) is 29.3. The van der Waals surface area contributed by atoms with Crippen LogP contribution in [0, 0.1) is 0 Å². The van der Waals surface area contributed by atoms with Gasteiger partial charge in [0, 0.05) is 24.8 Å². The fourth-order valence-corrected chi connectivity index (χ4v) is 6.24. The molecule has 0 radical (unpaired) electrons. The van der Waals surface area contributed by atoms with Crippen LogP contribution >= 0.6 is 0 Å². The number of fused-ring (bicyclic) bond motifs is 1. The molecule has 1 aliphatic heterocycles. The number of methoxy groups -OCH3 is 2. The van der Waals surface area contributed by atoms with E-state index in [-0.39, 0.29) is 17.7 Å². The van der Waals surface area contributed by atoms with Crippen molar-refractivity contribution in [2.75, 3.05) is 34.0 Å². The summed E-state index contributed by atoms with van der Waals surface area (Å²) in [5, 5.41) is 0. The number of aryl methyl sites for hydroxylation is 2. The Morgan fingerprint density at radius 1 is 0.633 bits per heavy atom. The lowest BCUT2D eigenvalue weighted by Crippen LogP contribution is -2.17. The van der Waals surface area contributed by atoms with E-state index in [1.54, 1.807) is 0 Å². The molecule has 8 nitrogen and oxygen atoms in total. The molecule has 0 saturated carbocycles. The van der Waals surface area contributed by atoms with Crippen molar-refractivity contribution in [3.8, 4) is 17.2 Å². The van der Waals surface area contributed by atoms with Crippen molar-refractivity contribution in [1.29, 1.82) is 0 Å². The number of benzene rings is 3. The van der Waals surface area contributed by atoms with Gasteiger partial charge in [0.2, 0.25) is 0 Å². The van der Waals surface area contributed by atoms with Crippen LogP contribution in [0.4, 0.5) is 0 Å². The quantitative estimate of drug-likeness (QED) is 0.0778. The third kappa shape index (κ3) is 12.3. The Labute approximate surface area is 291 Å². The van der Waals surface area contributed by atoms with Crippen molar-refractivity contribution >= 4 is 17.7 Å². The van der Waals surface area contributed by atoms with Gasteiger partial charge in [-0.1, -0.05) is 55.3 Å². The zero-order chi connectivity index (χ0) is 34.7. The van der Waals surface area contributed by atoms with Crippen molar-refractivity contribution in [1.82, 2.24) is 0 Å². The number of unbranched alkanes of at least 4 members (excludes halogenated alkanes) is 5. The summed E-state index contributed by atoms with van der Waals surface area (Å²) in [4.78, 5) is 35.9. The molecule has 0 saturated heterocycles. The van der Waals surface area contributed by atoms with Crippen LogP contribution in [0.1, 0.15) is 103 Å². The summed E-state index contributed by atoms with van der Waals surface area (Å²) in [5.41, 5.74) is 5.24. The summed E-state index contributed by atoms with van der Waals surface area (Å²) in [5.74, 6) is 2.05. The number of Topliss-reactive ketones (excluding diaryl/α,β-unsaturated/α-hetero) is 1. The molecule has 49 heavy (non-hydrogen) atoms. The maximum atomic E-state index is 12.6. The van der Waals surface area contributed by atoms with Gasteiger partial charge in [-0.25, -0.2) is 0 Å². The predicted octanol–water partition coefficient (Wildman–Crippen LogP) is 8.23. The summed E-state index contributed by atoms with van der Waals surface area (Å²) < 4.78 is 28.1. The highest BCUT2D eigenvalue weighted by Crippen LogP contribution is 2.37. The van der Waals surface area contributed by atoms with E-state index in [2.05, 4.69) is 30.3 Å². The van der Waals surface area contributed by atoms with Crippen molar-refractivity contribution < 1.29 is 38.1 Å². The molecule has 8 heteroatoms. The maximum Gasteiger partial charge on any atom is 0.305 e. The van der Waals surface area contributed by atoms with E-state index in [1.807, 2.05) is 30.3 Å². The Kier molecular flexibility index (Phi) is 16.0. The van der Waals surface area contributed by atoms with E-state index in [0.717, 1.165) is 93.3 Å². The molecule has 0 spiro atoms. The molecule has 3 aromatic rings. The highest BCUT2D eigenvalue weighted by atomic mass is 16.5. The first-order valence-corrected chi connectivity index (χ1v) is 17.9. The SMILES string of the molecule is COC(=O)CCCCCOc1cccc(CCCCCCOc2ccc3c(c2CCCc2ccccc2)OCCC3=O)c1CCC(=O)OC. The molecular formula is C41H52O8. The minimum atomic E-state index is -0.236. The van der Waals surface area contributed by atoms with Gasteiger partial charge in [0.25, 0.3) is 0 Å². The van der Waals surface area contributed by atoms with Gasteiger partial charge >= 0.3 is 11.9 Å². The van der Waals surface area contributed by atoms with E-state index in [4.69, 9.17) is 23.7 Å². The van der Waals surface area contributed by atoms with Crippen LogP contribution in [-0.4, -0.2) is 51.8 Å². The number of hydrogen-bond acceptors (Lipinski definition) is 8. The standard InChI is InChI=1S/C41H52O8/c1-45-39(43)22-10-6-12-29-47-37-21-14-19-32(33(37)24-26-40(44)46-2)18-9-3-4-11-28-48-38-25-23-34-36(42)27-30-49-41(34)35(38)20-13-17-31-15-7-5-8-16-31/h5,7-8,14-16,19,21,23,25H,3-4,6,9-13,17-18,20,22,24,26-30H2,1-2H3. The Morgan fingerprint density at radius 2 is 1.33 bits per heavy atom. The second-order valence-electron chi connectivity index (χ2n) is 12.5. The van der Waals surface area contributed by atoms with Gasteiger partial charge in [-0.05, 0) is 99.1 Å². The Morgan fingerprint density at radius 3 is 2.08 bits per heavy atom. The van der Waals surface area contributed by atoms with Crippen LogP contribution in [-0.2, 0) is 44.7 Å². The largest absolute Gasteiger partial charge is 0.493 e. The van der Waals surface area contributed by atoms with Gasteiger partial charge in [-0.15, -0.1) is 0 Å². The van der Waals surface area contributed by atoms with Crippen LogP contribution in [0.3, 0.4) is 0 Å². The van der Waals surface area contributed by atoms with Crippen LogP contribution in [0.25, 0.3) is 0 Å². The second kappa shape index (κ2) is 20.9. The molecule has 1 aliphatic rings. The van der Waals surface area contributed by atoms with Gasteiger partial charge in [-0.3, -0.25) is 14.4 Å². The minimum absolute atomic E-state index is 0.134. The van der Waals surface area contributed by atoms with Gasteiger partial charge in [-0.2, -0.15) is 0 Å². The number of hydrogen-bond donors (Lipinski definition) is 0. The molecule has 0 atom stereocenters. The third-order valence-electron chi connectivity index (χ3n) is 8.97. The topological polar surface area (TPSA) is 97.4 Å². The molecule has 0 unspecified atom stereocenters. The van der Waals surface area contributed by atoms with E-state index in [0.29, 0.717) is 56.8 Å². The normalized spacial score (nSPS) is 12.2. The van der Waals surface area contributed by atoms with E-state index in [1.165, 1.54) is 25.3 Å². The zero-order valence-electron chi connectivity index (χ0n) is 29.3. The highest BCUT2D eigenvalue weighted by molar-refractivity contribution is 6.00. The first kappa shape index (κ1) is 37.5. The lowest BCUT2D eigenvalue weighted by Gasteiger charge is -2.22. The van der Waals surface area contributed by atoms with Crippen LogP contribution in [0.2, 0.25) is 0 Å². The van der Waals surface area contributed by atoms with E-state index in [9.17, 15) is 14.4 Å². The van der Waals surface area contributed by atoms with E-state index < -0.39 is 0 Å². The molecular weight excluding hydrogens is 620 g/mol.